The van der Waals surface area contributed by atoms with E-state index in [1.165, 1.54) is 77.0 Å². The molecular formula is C38H60O4. The molecule has 3 saturated carbocycles. The molecule has 4 nitrogen and oxygen atoms in total. The predicted molar refractivity (Wildman–Crippen MR) is 171 cm³/mol. The third-order valence-corrected chi connectivity index (χ3v) is 12.4. The van der Waals surface area contributed by atoms with Gasteiger partial charge in [-0.1, -0.05) is 135 Å². The Morgan fingerprint density at radius 2 is 1.52 bits per heavy atom. The molecule has 0 heterocycles. The van der Waals surface area contributed by atoms with Gasteiger partial charge in [-0.25, -0.2) is 0 Å². The highest BCUT2D eigenvalue weighted by Gasteiger charge is 2.85. The van der Waals surface area contributed by atoms with Crippen molar-refractivity contribution in [3.05, 3.63) is 11.6 Å². The van der Waals surface area contributed by atoms with Crippen LogP contribution in [0.1, 0.15) is 150 Å². The molecule has 4 aliphatic rings. The summed E-state index contributed by atoms with van der Waals surface area (Å²) in [4.78, 5) is 26.6. The molecule has 4 heteroatoms. The van der Waals surface area contributed by atoms with E-state index in [1.54, 1.807) is 0 Å². The van der Waals surface area contributed by atoms with Crippen molar-refractivity contribution in [3.8, 4) is 11.8 Å². The van der Waals surface area contributed by atoms with E-state index >= 15 is 0 Å². The van der Waals surface area contributed by atoms with Crippen LogP contribution in [0.15, 0.2) is 11.6 Å². The normalized spacial score (nSPS) is 35.0. The van der Waals surface area contributed by atoms with E-state index in [0.29, 0.717) is 18.8 Å². The Kier molecular flexibility index (Phi) is 11.5. The Hall–Kier alpha value is -1.60. The zero-order chi connectivity index (χ0) is 30.4. The lowest BCUT2D eigenvalue weighted by Crippen LogP contribution is -2.65. The topological polar surface area (TPSA) is 74.6 Å². The molecule has 0 spiro atoms. The SMILES string of the molecule is CCCCCCCCCCCCCCCCC#CC(O)[C@@]12C[C@@H]3[C@H](C)CC[C@H]3[C@@]3(C=O)C[C@@H]1C=C(C(C)C)[C@@]23C(=O)O. The lowest BCUT2D eigenvalue weighted by molar-refractivity contribution is -0.188. The minimum absolute atomic E-state index is 0.0104. The van der Waals surface area contributed by atoms with Crippen LogP contribution in [0.4, 0.5) is 0 Å². The van der Waals surface area contributed by atoms with Crippen LogP contribution in [0.2, 0.25) is 0 Å². The van der Waals surface area contributed by atoms with Crippen LogP contribution in [-0.2, 0) is 9.59 Å². The van der Waals surface area contributed by atoms with Crippen molar-refractivity contribution in [2.75, 3.05) is 0 Å². The summed E-state index contributed by atoms with van der Waals surface area (Å²) in [5.74, 6) is 6.23. The lowest BCUT2D eigenvalue weighted by atomic mass is 9.41. The summed E-state index contributed by atoms with van der Waals surface area (Å²) in [6, 6.07) is 0. The second-order valence-corrected chi connectivity index (χ2v) is 14.9. The summed E-state index contributed by atoms with van der Waals surface area (Å²) in [5, 5.41) is 23.0. The second kappa shape index (κ2) is 14.5. The van der Waals surface area contributed by atoms with Crippen LogP contribution in [0.25, 0.3) is 0 Å². The Balaban J connectivity index is 1.31. The van der Waals surface area contributed by atoms with Crippen molar-refractivity contribution in [1.82, 2.24) is 0 Å². The number of hydrogen-bond acceptors (Lipinski definition) is 3. The maximum Gasteiger partial charge on any atom is 0.315 e. The highest BCUT2D eigenvalue weighted by molar-refractivity contribution is 5.90. The molecule has 0 aliphatic heterocycles. The molecule has 0 aromatic heterocycles. The Morgan fingerprint density at radius 3 is 2.05 bits per heavy atom. The highest BCUT2D eigenvalue weighted by Crippen LogP contribution is 2.83. The van der Waals surface area contributed by atoms with Gasteiger partial charge in [-0.3, -0.25) is 4.79 Å². The van der Waals surface area contributed by atoms with Crippen molar-refractivity contribution in [2.45, 2.75) is 156 Å². The van der Waals surface area contributed by atoms with Crippen LogP contribution in [0, 0.1) is 57.7 Å². The molecule has 42 heavy (non-hydrogen) atoms. The average molecular weight is 581 g/mol. The van der Waals surface area contributed by atoms with Gasteiger partial charge in [-0.2, -0.15) is 0 Å². The first-order chi connectivity index (χ1) is 20.2. The largest absolute Gasteiger partial charge is 0.481 e. The lowest BCUT2D eigenvalue weighted by Gasteiger charge is -2.59. The molecule has 4 aliphatic carbocycles. The maximum atomic E-state index is 13.5. The molecule has 236 valence electrons. The molecule has 0 amide bonds. The van der Waals surface area contributed by atoms with E-state index in [4.69, 9.17) is 0 Å². The van der Waals surface area contributed by atoms with Crippen LogP contribution in [-0.4, -0.2) is 28.6 Å². The summed E-state index contributed by atoms with van der Waals surface area (Å²) in [6.07, 6.45) is 24.5. The highest BCUT2D eigenvalue weighted by atomic mass is 16.4. The number of carbonyl (C=O) groups excluding carboxylic acids is 1. The van der Waals surface area contributed by atoms with Gasteiger partial charge in [-0.15, -0.1) is 5.92 Å². The van der Waals surface area contributed by atoms with Crippen LogP contribution >= 0.6 is 0 Å². The molecule has 2 N–H and O–H groups in total. The predicted octanol–water partition coefficient (Wildman–Crippen LogP) is 9.15. The van der Waals surface area contributed by atoms with E-state index in [1.807, 2.05) is 13.8 Å². The molecule has 1 unspecified atom stereocenters. The fourth-order valence-corrected chi connectivity index (χ4v) is 10.5. The number of hydrogen-bond donors (Lipinski definition) is 2. The van der Waals surface area contributed by atoms with Crippen molar-refractivity contribution < 1.29 is 19.8 Å². The molecule has 4 bridgehead atoms. The second-order valence-electron chi connectivity index (χ2n) is 14.9. The van der Waals surface area contributed by atoms with Gasteiger partial charge in [-0.05, 0) is 55.3 Å². The van der Waals surface area contributed by atoms with E-state index in [0.717, 1.165) is 44.0 Å². The van der Waals surface area contributed by atoms with Gasteiger partial charge >= 0.3 is 5.97 Å². The quantitative estimate of drug-likeness (QED) is 0.0734. The standard InChI is InChI=1S/C38H60O4/c1-5-6-7-8-9-10-11-12-13-14-15-16-17-18-19-20-21-34(40)37-26-31-29(4)22-23-32(31)36(27-39)25-30(37)24-33(28(2)3)38(36,37)35(41)42/h24,27-32,34,40H,5-19,22-23,25-26H2,1-4H3,(H,41,42)/t29-,30+,31-,32-,34?,36+,37-,38+/m1/s1. The van der Waals surface area contributed by atoms with Gasteiger partial charge in [0.15, 0.2) is 0 Å². The number of fused-ring (bicyclic) bond motifs is 2. The smallest absolute Gasteiger partial charge is 0.315 e. The third-order valence-electron chi connectivity index (χ3n) is 12.4. The number of unbranched alkanes of at least 4 members (excludes halogenated alkanes) is 14. The van der Waals surface area contributed by atoms with Crippen molar-refractivity contribution in [2.24, 2.45) is 45.8 Å². The maximum absolute atomic E-state index is 13.5. The molecule has 0 aromatic rings. The van der Waals surface area contributed by atoms with E-state index in [-0.39, 0.29) is 23.7 Å². The van der Waals surface area contributed by atoms with Gasteiger partial charge in [0.05, 0.1) is 5.41 Å². The number of rotatable bonds is 18. The number of carboxylic acids is 1. The minimum atomic E-state index is -1.35. The van der Waals surface area contributed by atoms with Gasteiger partial charge in [0, 0.05) is 11.8 Å². The summed E-state index contributed by atoms with van der Waals surface area (Å²) >= 11 is 0. The number of aliphatic hydroxyl groups is 1. The number of aliphatic hydroxyl groups excluding tert-OH is 1. The van der Waals surface area contributed by atoms with E-state index in [2.05, 4.69) is 31.8 Å². The summed E-state index contributed by atoms with van der Waals surface area (Å²) in [6.45, 7) is 8.61. The number of carbonyl (C=O) groups is 2. The van der Waals surface area contributed by atoms with E-state index < -0.39 is 28.3 Å². The first kappa shape index (κ1) is 33.3. The van der Waals surface area contributed by atoms with Crippen LogP contribution in [0.3, 0.4) is 0 Å². The van der Waals surface area contributed by atoms with Gasteiger partial charge in [0.1, 0.15) is 17.8 Å². The summed E-state index contributed by atoms with van der Waals surface area (Å²) in [5.41, 5.74) is -2.34. The zero-order valence-corrected chi connectivity index (χ0v) is 27.3. The Labute approximate surface area is 256 Å². The summed E-state index contributed by atoms with van der Waals surface area (Å²) < 4.78 is 0. The van der Waals surface area contributed by atoms with Gasteiger partial charge in [0.2, 0.25) is 0 Å². The first-order valence-corrected chi connectivity index (χ1v) is 17.8. The summed E-state index contributed by atoms with van der Waals surface area (Å²) in [7, 11) is 0. The Morgan fingerprint density at radius 1 is 0.952 bits per heavy atom. The third kappa shape index (κ3) is 5.55. The molecule has 3 fully saturated rings. The number of allylic oxidation sites excluding steroid dienone is 1. The Bertz CT molecular complexity index is 1020. The molecule has 0 radical (unpaired) electrons. The number of carboxylic acid groups (broad SMARTS) is 1. The van der Waals surface area contributed by atoms with Gasteiger partial charge < -0.3 is 15.0 Å². The van der Waals surface area contributed by atoms with Gasteiger partial charge in [0.25, 0.3) is 0 Å². The number of aldehydes is 1. The molecule has 8 atom stereocenters. The van der Waals surface area contributed by atoms with Crippen molar-refractivity contribution in [1.29, 1.82) is 0 Å². The van der Waals surface area contributed by atoms with Crippen molar-refractivity contribution in [3.63, 3.8) is 0 Å². The molecule has 4 rings (SSSR count). The first-order valence-electron chi connectivity index (χ1n) is 17.8. The zero-order valence-electron chi connectivity index (χ0n) is 27.3. The fourth-order valence-electron chi connectivity index (χ4n) is 10.5. The average Bonchev–Trinajstić information content (AvgIpc) is 3.55. The molecular weight excluding hydrogens is 520 g/mol. The van der Waals surface area contributed by atoms with E-state index in [9.17, 15) is 19.8 Å². The minimum Gasteiger partial charge on any atom is -0.481 e. The molecule has 0 saturated heterocycles. The molecule has 0 aromatic carbocycles. The van der Waals surface area contributed by atoms with Crippen LogP contribution in [0.5, 0.6) is 0 Å². The van der Waals surface area contributed by atoms with Crippen molar-refractivity contribution >= 4 is 12.3 Å². The monoisotopic (exact) mass is 580 g/mol. The fraction of sp³-hybridized carbons (Fsp3) is 0.842. The number of aliphatic carboxylic acids is 1. The van der Waals surface area contributed by atoms with Crippen LogP contribution < -0.4 is 0 Å².